The third-order valence-corrected chi connectivity index (χ3v) is 3.24. The highest BCUT2D eigenvalue weighted by atomic mass is 79.9. The molecule has 15 heavy (non-hydrogen) atoms. The topological polar surface area (TPSA) is 46.9 Å². The first-order valence-corrected chi connectivity index (χ1v) is 5.84. The summed E-state index contributed by atoms with van der Waals surface area (Å²) in [6.45, 7) is 4.71. The highest BCUT2D eigenvalue weighted by Crippen LogP contribution is 2.19. The van der Waals surface area contributed by atoms with E-state index in [4.69, 9.17) is 0 Å². The first-order chi connectivity index (χ1) is 7.07. The molecule has 0 bridgehead atoms. The molecular weight excluding hydrogens is 258 g/mol. The molecule has 84 valence electrons. The first kappa shape index (κ1) is 12.2. The maximum absolute atomic E-state index is 11.7. The lowest BCUT2D eigenvalue weighted by Gasteiger charge is -2.01. The monoisotopic (exact) mass is 273 g/mol. The Bertz CT molecular complexity index is 360. The second-order valence-corrected chi connectivity index (χ2v) is 4.27. The van der Waals surface area contributed by atoms with Crippen LogP contribution in [0.2, 0.25) is 0 Å². The summed E-state index contributed by atoms with van der Waals surface area (Å²) in [7, 11) is 1.82. The Balaban J connectivity index is 2.70. The van der Waals surface area contributed by atoms with Crippen LogP contribution in [0.1, 0.15) is 35.9 Å². The van der Waals surface area contributed by atoms with E-state index in [-0.39, 0.29) is 5.91 Å². The lowest BCUT2D eigenvalue weighted by atomic mass is 10.3. The molecule has 0 aliphatic carbocycles. The first-order valence-electron chi connectivity index (χ1n) is 5.05. The summed E-state index contributed by atoms with van der Waals surface area (Å²) in [4.78, 5) is 11.7. The van der Waals surface area contributed by atoms with Gasteiger partial charge in [-0.1, -0.05) is 13.3 Å². The van der Waals surface area contributed by atoms with Crippen LogP contribution >= 0.6 is 15.9 Å². The van der Waals surface area contributed by atoms with Gasteiger partial charge in [0.2, 0.25) is 0 Å². The number of aryl methyl sites for hydroxylation is 1. The number of unbranched alkanes of at least 4 members (excludes halogenated alkanes) is 1. The molecule has 0 spiro atoms. The Hall–Kier alpha value is -0.840. The number of nitrogens with zero attached hydrogens (tertiary/aromatic N) is 2. The fourth-order valence-electron chi connectivity index (χ4n) is 1.19. The summed E-state index contributed by atoms with van der Waals surface area (Å²) in [5, 5.41) is 6.98. The van der Waals surface area contributed by atoms with Crippen LogP contribution in [0.5, 0.6) is 0 Å². The van der Waals surface area contributed by atoms with Crippen LogP contribution < -0.4 is 5.32 Å². The van der Waals surface area contributed by atoms with Crippen molar-refractivity contribution in [2.75, 3.05) is 6.54 Å². The van der Waals surface area contributed by atoms with Gasteiger partial charge in [-0.15, -0.1) is 0 Å². The summed E-state index contributed by atoms with van der Waals surface area (Å²) in [6.07, 6.45) is 2.07. The SMILES string of the molecule is CCCCNC(=O)c1nn(C)c(C)c1Br. The number of amides is 1. The van der Waals surface area contributed by atoms with E-state index in [0.29, 0.717) is 12.2 Å². The highest BCUT2D eigenvalue weighted by Gasteiger charge is 2.16. The zero-order valence-electron chi connectivity index (χ0n) is 9.30. The van der Waals surface area contributed by atoms with Crippen LogP contribution in [0.4, 0.5) is 0 Å². The maximum Gasteiger partial charge on any atom is 0.272 e. The van der Waals surface area contributed by atoms with Crippen LogP contribution in [0.25, 0.3) is 0 Å². The van der Waals surface area contributed by atoms with E-state index in [1.807, 2.05) is 14.0 Å². The third-order valence-electron chi connectivity index (χ3n) is 2.29. The van der Waals surface area contributed by atoms with E-state index in [9.17, 15) is 4.79 Å². The van der Waals surface area contributed by atoms with Crippen molar-refractivity contribution in [3.8, 4) is 0 Å². The van der Waals surface area contributed by atoms with Crippen LogP contribution in [-0.2, 0) is 7.05 Å². The molecule has 0 fully saturated rings. The zero-order chi connectivity index (χ0) is 11.4. The summed E-state index contributed by atoms with van der Waals surface area (Å²) in [5.41, 5.74) is 1.42. The summed E-state index contributed by atoms with van der Waals surface area (Å²) in [6, 6.07) is 0. The molecule has 0 aliphatic heterocycles. The minimum atomic E-state index is -0.112. The normalized spacial score (nSPS) is 10.4. The van der Waals surface area contributed by atoms with Crippen molar-refractivity contribution in [3.63, 3.8) is 0 Å². The van der Waals surface area contributed by atoms with Crippen molar-refractivity contribution in [2.45, 2.75) is 26.7 Å². The Morgan fingerprint density at radius 3 is 2.73 bits per heavy atom. The molecule has 0 aliphatic rings. The van der Waals surface area contributed by atoms with Crippen molar-refractivity contribution >= 4 is 21.8 Å². The van der Waals surface area contributed by atoms with Gasteiger partial charge in [0.25, 0.3) is 5.91 Å². The largest absolute Gasteiger partial charge is 0.351 e. The summed E-state index contributed by atoms with van der Waals surface area (Å²) in [5.74, 6) is -0.112. The number of carbonyl (C=O) groups excluding carboxylic acids is 1. The molecule has 1 amide bonds. The van der Waals surface area contributed by atoms with E-state index in [2.05, 4.69) is 33.3 Å². The highest BCUT2D eigenvalue weighted by molar-refractivity contribution is 9.10. The molecule has 0 radical (unpaired) electrons. The van der Waals surface area contributed by atoms with Crippen LogP contribution in [0.15, 0.2) is 4.47 Å². The minimum absolute atomic E-state index is 0.112. The number of rotatable bonds is 4. The van der Waals surface area contributed by atoms with E-state index >= 15 is 0 Å². The molecular formula is C10H16BrN3O. The van der Waals surface area contributed by atoms with E-state index in [1.54, 1.807) is 4.68 Å². The lowest BCUT2D eigenvalue weighted by Crippen LogP contribution is -2.25. The summed E-state index contributed by atoms with van der Waals surface area (Å²) < 4.78 is 2.47. The van der Waals surface area contributed by atoms with Crippen LogP contribution in [-0.4, -0.2) is 22.2 Å². The van der Waals surface area contributed by atoms with Gasteiger partial charge in [-0.05, 0) is 29.3 Å². The quantitative estimate of drug-likeness (QED) is 0.854. The Labute approximate surface area is 98.2 Å². The predicted molar refractivity (Wildman–Crippen MR) is 62.9 cm³/mol. The standard InChI is InChI=1S/C10H16BrN3O/c1-4-5-6-12-10(15)9-8(11)7(2)14(3)13-9/h4-6H2,1-3H3,(H,12,15). The second kappa shape index (κ2) is 5.30. The van der Waals surface area contributed by atoms with Gasteiger partial charge in [0, 0.05) is 13.6 Å². The van der Waals surface area contributed by atoms with Gasteiger partial charge in [0.05, 0.1) is 10.2 Å². The molecule has 1 N–H and O–H groups in total. The molecule has 0 aromatic carbocycles. The molecule has 1 aromatic heterocycles. The molecule has 0 saturated heterocycles. The second-order valence-electron chi connectivity index (χ2n) is 3.48. The fraction of sp³-hybridized carbons (Fsp3) is 0.600. The summed E-state index contributed by atoms with van der Waals surface area (Å²) >= 11 is 3.37. The molecule has 0 atom stereocenters. The van der Waals surface area contributed by atoms with Gasteiger partial charge >= 0.3 is 0 Å². The minimum Gasteiger partial charge on any atom is -0.351 e. The molecule has 0 saturated carbocycles. The molecule has 5 heteroatoms. The van der Waals surface area contributed by atoms with Crippen molar-refractivity contribution < 1.29 is 4.79 Å². The third kappa shape index (κ3) is 2.81. The van der Waals surface area contributed by atoms with Gasteiger partial charge in [0.1, 0.15) is 0 Å². The maximum atomic E-state index is 11.7. The van der Waals surface area contributed by atoms with Crippen molar-refractivity contribution in [1.29, 1.82) is 0 Å². The smallest absolute Gasteiger partial charge is 0.272 e. The van der Waals surface area contributed by atoms with Gasteiger partial charge in [-0.3, -0.25) is 9.48 Å². The van der Waals surface area contributed by atoms with Crippen molar-refractivity contribution in [3.05, 3.63) is 15.9 Å². The number of hydrogen-bond donors (Lipinski definition) is 1. The van der Waals surface area contributed by atoms with Gasteiger partial charge < -0.3 is 5.32 Å². The molecule has 0 unspecified atom stereocenters. The number of halogens is 1. The molecule has 4 nitrogen and oxygen atoms in total. The molecule has 1 aromatic rings. The Morgan fingerprint density at radius 2 is 2.27 bits per heavy atom. The van der Waals surface area contributed by atoms with E-state index in [1.165, 1.54) is 0 Å². The number of nitrogens with one attached hydrogen (secondary N) is 1. The van der Waals surface area contributed by atoms with E-state index < -0.39 is 0 Å². The van der Waals surface area contributed by atoms with Crippen molar-refractivity contribution in [2.24, 2.45) is 7.05 Å². The Morgan fingerprint density at radius 1 is 1.60 bits per heavy atom. The average Bonchev–Trinajstić information content (AvgIpc) is 2.46. The number of carbonyl (C=O) groups is 1. The van der Waals surface area contributed by atoms with Gasteiger partial charge in [0.15, 0.2) is 5.69 Å². The average molecular weight is 274 g/mol. The lowest BCUT2D eigenvalue weighted by molar-refractivity contribution is 0.0946. The van der Waals surface area contributed by atoms with Gasteiger partial charge in [-0.2, -0.15) is 5.10 Å². The Kier molecular flexibility index (Phi) is 4.32. The zero-order valence-corrected chi connectivity index (χ0v) is 10.9. The van der Waals surface area contributed by atoms with Crippen LogP contribution in [0.3, 0.4) is 0 Å². The van der Waals surface area contributed by atoms with Gasteiger partial charge in [-0.25, -0.2) is 0 Å². The van der Waals surface area contributed by atoms with Crippen LogP contribution in [0, 0.1) is 6.92 Å². The van der Waals surface area contributed by atoms with Crippen molar-refractivity contribution in [1.82, 2.24) is 15.1 Å². The number of hydrogen-bond acceptors (Lipinski definition) is 2. The fourth-order valence-corrected chi connectivity index (χ4v) is 1.71. The molecule has 1 rings (SSSR count). The molecule has 1 heterocycles. The van der Waals surface area contributed by atoms with E-state index in [0.717, 1.165) is 23.0 Å². The predicted octanol–water partition coefficient (Wildman–Crippen LogP) is 2.02. The number of aromatic nitrogens is 2.